The van der Waals surface area contributed by atoms with Crippen molar-refractivity contribution in [3.63, 3.8) is 0 Å². The molecule has 1 N–H and O–H groups in total. The summed E-state index contributed by atoms with van der Waals surface area (Å²) >= 11 is 0. The average Bonchev–Trinajstić information content (AvgIpc) is 2.85. The molecule has 5 heteroatoms. The molecule has 1 aliphatic carbocycles. The quantitative estimate of drug-likeness (QED) is 0.867. The summed E-state index contributed by atoms with van der Waals surface area (Å²) in [6.07, 6.45) is 7.34. The predicted molar refractivity (Wildman–Crippen MR) is 61.8 cm³/mol. The Balaban J connectivity index is 1.94. The van der Waals surface area contributed by atoms with Crippen LogP contribution in [0.4, 0.5) is 0 Å². The van der Waals surface area contributed by atoms with Crippen LogP contribution >= 0.6 is 0 Å². The number of nitrogens with one attached hydrogen (secondary N) is 1. The van der Waals surface area contributed by atoms with Gasteiger partial charge in [0.1, 0.15) is 0 Å². The molecule has 2 rings (SSSR count). The maximum absolute atomic E-state index is 11.5. The topological polar surface area (TPSA) is 59.3 Å². The highest BCUT2D eigenvalue weighted by molar-refractivity contribution is 7.91. The van der Waals surface area contributed by atoms with E-state index in [0.717, 1.165) is 24.8 Å². The van der Waals surface area contributed by atoms with Gasteiger partial charge in [-0.3, -0.25) is 0 Å². The largest absolute Gasteiger partial charge is 0.472 e. The Morgan fingerprint density at radius 1 is 1.50 bits per heavy atom. The van der Waals surface area contributed by atoms with Crippen molar-refractivity contribution in [3.05, 3.63) is 24.2 Å². The minimum absolute atomic E-state index is 0.0879. The van der Waals surface area contributed by atoms with Crippen LogP contribution in [0.25, 0.3) is 0 Å². The van der Waals surface area contributed by atoms with Crippen molar-refractivity contribution in [1.29, 1.82) is 0 Å². The Kier molecular flexibility index (Phi) is 3.35. The van der Waals surface area contributed by atoms with E-state index >= 15 is 0 Å². The second-order valence-corrected chi connectivity index (χ2v) is 6.68. The number of furan rings is 1. The Morgan fingerprint density at radius 3 is 2.94 bits per heavy atom. The molecule has 0 aliphatic heterocycles. The van der Waals surface area contributed by atoms with Gasteiger partial charge in [-0.25, -0.2) is 8.42 Å². The van der Waals surface area contributed by atoms with Crippen LogP contribution in [0.3, 0.4) is 0 Å². The molecule has 0 saturated heterocycles. The first-order chi connectivity index (χ1) is 7.57. The van der Waals surface area contributed by atoms with Gasteiger partial charge in [-0.05, 0) is 18.9 Å². The molecule has 1 aromatic heterocycles. The first-order valence-corrected chi connectivity index (χ1v) is 7.46. The second kappa shape index (κ2) is 4.59. The number of rotatable bonds is 4. The lowest BCUT2D eigenvalue weighted by atomic mass is 10.2. The molecule has 1 aromatic rings. The lowest BCUT2D eigenvalue weighted by molar-refractivity contribution is 0.503. The van der Waals surface area contributed by atoms with Crippen LogP contribution in [0, 0.1) is 0 Å². The smallest absolute Gasteiger partial charge is 0.151 e. The van der Waals surface area contributed by atoms with Crippen molar-refractivity contribution in [2.24, 2.45) is 0 Å². The van der Waals surface area contributed by atoms with Gasteiger partial charge in [0.15, 0.2) is 9.84 Å². The molecule has 2 unspecified atom stereocenters. The van der Waals surface area contributed by atoms with Crippen molar-refractivity contribution in [2.75, 3.05) is 6.26 Å². The molecule has 1 aliphatic rings. The van der Waals surface area contributed by atoms with Crippen molar-refractivity contribution in [2.45, 2.75) is 37.1 Å². The maximum atomic E-state index is 11.5. The Labute approximate surface area is 95.9 Å². The molecule has 2 atom stereocenters. The van der Waals surface area contributed by atoms with Crippen molar-refractivity contribution in [3.8, 4) is 0 Å². The maximum Gasteiger partial charge on any atom is 0.151 e. The van der Waals surface area contributed by atoms with Crippen LogP contribution in [0.5, 0.6) is 0 Å². The normalized spacial score (nSPS) is 26.1. The van der Waals surface area contributed by atoms with Gasteiger partial charge >= 0.3 is 0 Å². The molecule has 90 valence electrons. The summed E-state index contributed by atoms with van der Waals surface area (Å²) in [6.45, 7) is 0.674. The van der Waals surface area contributed by atoms with Crippen molar-refractivity contribution >= 4 is 9.84 Å². The summed E-state index contributed by atoms with van der Waals surface area (Å²) in [5.41, 5.74) is 1.05. The molecule has 0 bridgehead atoms. The average molecular weight is 243 g/mol. The fourth-order valence-corrected chi connectivity index (χ4v) is 3.74. The summed E-state index contributed by atoms with van der Waals surface area (Å²) in [5, 5.41) is 3.08. The van der Waals surface area contributed by atoms with Gasteiger partial charge in [0, 0.05) is 24.4 Å². The first kappa shape index (κ1) is 11.7. The van der Waals surface area contributed by atoms with Gasteiger partial charge in [0.05, 0.1) is 17.8 Å². The molecular weight excluding hydrogens is 226 g/mol. The van der Waals surface area contributed by atoms with E-state index in [1.807, 2.05) is 6.07 Å². The van der Waals surface area contributed by atoms with E-state index in [1.165, 1.54) is 6.26 Å². The highest BCUT2D eigenvalue weighted by Gasteiger charge is 2.34. The van der Waals surface area contributed by atoms with Gasteiger partial charge in [-0.15, -0.1) is 0 Å². The Hall–Kier alpha value is -0.810. The van der Waals surface area contributed by atoms with Gasteiger partial charge in [0.25, 0.3) is 0 Å². The van der Waals surface area contributed by atoms with Gasteiger partial charge in [-0.1, -0.05) is 6.42 Å². The molecule has 4 nitrogen and oxygen atoms in total. The third-order valence-electron chi connectivity index (χ3n) is 3.15. The molecule has 1 fully saturated rings. The van der Waals surface area contributed by atoms with E-state index < -0.39 is 9.84 Å². The van der Waals surface area contributed by atoms with Gasteiger partial charge < -0.3 is 9.73 Å². The summed E-state index contributed by atoms with van der Waals surface area (Å²) in [4.78, 5) is 0. The van der Waals surface area contributed by atoms with Crippen molar-refractivity contribution < 1.29 is 12.8 Å². The standard InChI is InChI=1S/C11H17NO3S/c1-16(13,14)11-4-2-3-10(11)12-7-9-5-6-15-8-9/h5-6,8,10-12H,2-4,7H2,1H3. The van der Waals surface area contributed by atoms with E-state index in [2.05, 4.69) is 5.32 Å². The van der Waals surface area contributed by atoms with Crippen LogP contribution in [-0.2, 0) is 16.4 Å². The van der Waals surface area contributed by atoms with E-state index in [1.54, 1.807) is 12.5 Å². The van der Waals surface area contributed by atoms with Crippen LogP contribution < -0.4 is 5.32 Å². The SMILES string of the molecule is CS(=O)(=O)C1CCCC1NCc1ccoc1. The third kappa shape index (κ3) is 2.65. The first-order valence-electron chi connectivity index (χ1n) is 5.50. The lowest BCUT2D eigenvalue weighted by Gasteiger charge is -2.18. The van der Waals surface area contributed by atoms with Crippen LogP contribution in [0.1, 0.15) is 24.8 Å². The fourth-order valence-electron chi connectivity index (χ4n) is 2.31. The van der Waals surface area contributed by atoms with E-state index in [-0.39, 0.29) is 11.3 Å². The molecule has 1 heterocycles. The lowest BCUT2D eigenvalue weighted by Crippen LogP contribution is -2.39. The molecule has 0 amide bonds. The Morgan fingerprint density at radius 2 is 2.31 bits per heavy atom. The zero-order chi connectivity index (χ0) is 11.6. The summed E-state index contributed by atoms with van der Waals surface area (Å²) < 4.78 is 28.1. The van der Waals surface area contributed by atoms with Crippen LogP contribution in [-0.4, -0.2) is 26.0 Å². The minimum atomic E-state index is -2.93. The van der Waals surface area contributed by atoms with E-state index in [0.29, 0.717) is 6.54 Å². The third-order valence-corrected chi connectivity index (χ3v) is 4.82. The van der Waals surface area contributed by atoms with Crippen LogP contribution in [0.15, 0.2) is 23.0 Å². The Bertz CT molecular complexity index is 424. The fraction of sp³-hybridized carbons (Fsp3) is 0.636. The molecule has 0 aromatic carbocycles. The number of hydrogen-bond donors (Lipinski definition) is 1. The predicted octanol–water partition coefficient (Wildman–Crippen LogP) is 1.33. The molecule has 16 heavy (non-hydrogen) atoms. The zero-order valence-electron chi connectivity index (χ0n) is 9.35. The van der Waals surface area contributed by atoms with Gasteiger partial charge in [0.2, 0.25) is 0 Å². The molecule has 0 spiro atoms. The number of hydrogen-bond acceptors (Lipinski definition) is 4. The summed E-state index contributed by atoms with van der Waals surface area (Å²) in [5.74, 6) is 0. The number of sulfone groups is 1. The summed E-state index contributed by atoms with van der Waals surface area (Å²) in [7, 11) is -2.93. The minimum Gasteiger partial charge on any atom is -0.472 e. The highest BCUT2D eigenvalue weighted by Crippen LogP contribution is 2.25. The van der Waals surface area contributed by atoms with Crippen molar-refractivity contribution in [1.82, 2.24) is 5.32 Å². The summed E-state index contributed by atoms with van der Waals surface area (Å²) in [6, 6.07) is 1.97. The molecular formula is C11H17NO3S. The highest BCUT2D eigenvalue weighted by atomic mass is 32.2. The second-order valence-electron chi connectivity index (χ2n) is 4.42. The van der Waals surface area contributed by atoms with E-state index in [9.17, 15) is 8.42 Å². The molecule has 1 saturated carbocycles. The monoisotopic (exact) mass is 243 g/mol. The molecule has 0 radical (unpaired) electrons. The van der Waals surface area contributed by atoms with Gasteiger partial charge in [-0.2, -0.15) is 0 Å². The van der Waals surface area contributed by atoms with E-state index in [4.69, 9.17) is 4.42 Å². The van der Waals surface area contributed by atoms with Crippen LogP contribution in [0.2, 0.25) is 0 Å². The zero-order valence-corrected chi connectivity index (χ0v) is 10.2.